The van der Waals surface area contributed by atoms with E-state index in [1.807, 2.05) is 6.07 Å². The smallest absolute Gasteiger partial charge is 0.0926 e. The van der Waals surface area contributed by atoms with Gasteiger partial charge in [-0.25, -0.2) is 0 Å². The second kappa shape index (κ2) is 3.54. The maximum atomic E-state index is 4.64. The third-order valence-corrected chi connectivity index (χ3v) is 2.99. The second-order valence-electron chi connectivity index (χ2n) is 4.07. The van der Waals surface area contributed by atoms with Gasteiger partial charge in [0.05, 0.1) is 5.69 Å². The zero-order chi connectivity index (χ0) is 10.1. The summed E-state index contributed by atoms with van der Waals surface area (Å²) in [7, 11) is 0. The van der Waals surface area contributed by atoms with Gasteiger partial charge >= 0.3 is 0 Å². The first kappa shape index (κ1) is 8.72. The minimum Gasteiger partial charge on any atom is -0.269 e. The van der Waals surface area contributed by atoms with Crippen molar-refractivity contribution in [2.75, 3.05) is 0 Å². The molecule has 0 spiro atoms. The lowest BCUT2D eigenvalue weighted by atomic mass is 10.1. The van der Waals surface area contributed by atoms with Crippen molar-refractivity contribution in [3.8, 4) is 11.3 Å². The molecule has 0 N–H and O–H groups in total. The lowest BCUT2D eigenvalue weighted by Crippen LogP contribution is -2.10. The van der Waals surface area contributed by atoms with Crippen LogP contribution in [0, 0.1) is 0 Å². The summed E-state index contributed by atoms with van der Waals surface area (Å²) in [5, 5.41) is 4.64. The highest BCUT2D eigenvalue weighted by molar-refractivity contribution is 5.59. The molecule has 0 saturated carbocycles. The highest BCUT2D eigenvalue weighted by atomic mass is 15.3. The fourth-order valence-corrected chi connectivity index (χ4v) is 2.17. The van der Waals surface area contributed by atoms with Gasteiger partial charge in [-0.3, -0.25) is 4.68 Å². The van der Waals surface area contributed by atoms with Crippen LogP contribution in [0.25, 0.3) is 11.3 Å². The summed E-state index contributed by atoms with van der Waals surface area (Å²) in [4.78, 5) is 0. The van der Waals surface area contributed by atoms with Crippen LogP contribution in [0.15, 0.2) is 36.4 Å². The van der Waals surface area contributed by atoms with E-state index in [9.17, 15) is 0 Å². The van der Waals surface area contributed by atoms with E-state index in [0.29, 0.717) is 0 Å². The van der Waals surface area contributed by atoms with Crippen molar-refractivity contribution < 1.29 is 0 Å². The van der Waals surface area contributed by atoms with Gasteiger partial charge in [-0.15, -0.1) is 0 Å². The second-order valence-corrected chi connectivity index (χ2v) is 4.07. The SMILES string of the molecule is c1ccc(-c2cc3n(n2)CCCC3)cc1. The molecule has 1 aliphatic rings. The zero-order valence-corrected chi connectivity index (χ0v) is 8.69. The van der Waals surface area contributed by atoms with E-state index in [0.717, 1.165) is 12.2 Å². The quantitative estimate of drug-likeness (QED) is 0.689. The average molecular weight is 198 g/mol. The summed E-state index contributed by atoms with van der Waals surface area (Å²) in [6.45, 7) is 1.09. The van der Waals surface area contributed by atoms with Gasteiger partial charge in [-0.2, -0.15) is 5.10 Å². The number of hydrogen-bond donors (Lipinski definition) is 0. The first-order chi connectivity index (χ1) is 7.43. The molecule has 0 saturated heterocycles. The van der Waals surface area contributed by atoms with Gasteiger partial charge in [0.1, 0.15) is 0 Å². The summed E-state index contributed by atoms with van der Waals surface area (Å²) in [5.41, 5.74) is 3.73. The van der Waals surface area contributed by atoms with Crippen LogP contribution in [-0.4, -0.2) is 9.78 Å². The van der Waals surface area contributed by atoms with Crippen molar-refractivity contribution in [1.29, 1.82) is 0 Å². The molecule has 0 amide bonds. The van der Waals surface area contributed by atoms with Gasteiger partial charge in [0.2, 0.25) is 0 Å². The first-order valence-corrected chi connectivity index (χ1v) is 5.56. The Morgan fingerprint density at radius 1 is 1.07 bits per heavy atom. The van der Waals surface area contributed by atoms with Crippen LogP contribution in [0.4, 0.5) is 0 Å². The summed E-state index contributed by atoms with van der Waals surface area (Å²) >= 11 is 0. The Balaban J connectivity index is 2.03. The minimum atomic E-state index is 1.09. The van der Waals surface area contributed by atoms with Crippen LogP contribution >= 0.6 is 0 Å². The minimum absolute atomic E-state index is 1.09. The van der Waals surface area contributed by atoms with Gasteiger partial charge in [0.15, 0.2) is 0 Å². The van der Waals surface area contributed by atoms with Crippen LogP contribution in [0.5, 0.6) is 0 Å². The molecule has 0 atom stereocenters. The third kappa shape index (κ3) is 1.56. The molecule has 2 heterocycles. The predicted molar refractivity (Wildman–Crippen MR) is 60.6 cm³/mol. The van der Waals surface area contributed by atoms with Crippen molar-refractivity contribution in [1.82, 2.24) is 9.78 Å². The molecule has 1 aliphatic heterocycles. The van der Waals surface area contributed by atoms with Gasteiger partial charge in [0.25, 0.3) is 0 Å². The number of hydrogen-bond acceptors (Lipinski definition) is 1. The average Bonchev–Trinajstić information content (AvgIpc) is 2.74. The third-order valence-electron chi connectivity index (χ3n) is 2.99. The highest BCUT2D eigenvalue weighted by Gasteiger charge is 2.12. The van der Waals surface area contributed by atoms with Crippen LogP contribution in [0.2, 0.25) is 0 Å². The van der Waals surface area contributed by atoms with Crippen molar-refractivity contribution in [3.05, 3.63) is 42.1 Å². The largest absolute Gasteiger partial charge is 0.269 e. The Kier molecular flexibility index (Phi) is 2.05. The van der Waals surface area contributed by atoms with E-state index in [2.05, 4.69) is 40.1 Å². The standard InChI is InChI=1S/C13H14N2/c1-2-6-11(7-3-1)13-10-12-8-4-5-9-15(12)14-13/h1-3,6-7,10H,4-5,8-9H2. The molecule has 0 fully saturated rings. The maximum absolute atomic E-state index is 4.64. The van der Waals surface area contributed by atoms with Crippen molar-refractivity contribution in [3.63, 3.8) is 0 Å². The molecule has 0 unspecified atom stereocenters. The van der Waals surface area contributed by atoms with Crippen molar-refractivity contribution in [2.24, 2.45) is 0 Å². The summed E-state index contributed by atoms with van der Waals surface area (Å²) < 4.78 is 2.16. The molecule has 76 valence electrons. The number of aromatic nitrogens is 2. The Labute approximate surface area is 89.5 Å². The lowest BCUT2D eigenvalue weighted by molar-refractivity contribution is 0.487. The van der Waals surface area contributed by atoms with E-state index >= 15 is 0 Å². The Morgan fingerprint density at radius 3 is 2.73 bits per heavy atom. The normalized spacial score (nSPS) is 14.9. The number of aryl methyl sites for hydroxylation is 2. The van der Waals surface area contributed by atoms with E-state index in [4.69, 9.17) is 0 Å². The molecule has 15 heavy (non-hydrogen) atoms. The Bertz CT molecular complexity index is 433. The van der Waals surface area contributed by atoms with Gasteiger partial charge in [-0.05, 0) is 25.3 Å². The number of benzene rings is 1. The predicted octanol–water partition coefficient (Wildman–Crippen LogP) is 2.89. The molecular weight excluding hydrogens is 184 g/mol. The Hall–Kier alpha value is -1.57. The zero-order valence-electron chi connectivity index (χ0n) is 8.69. The molecular formula is C13H14N2. The van der Waals surface area contributed by atoms with Crippen LogP contribution < -0.4 is 0 Å². The summed E-state index contributed by atoms with van der Waals surface area (Å²) in [6.07, 6.45) is 3.75. The molecule has 0 bridgehead atoms. The lowest BCUT2D eigenvalue weighted by Gasteiger charge is -2.11. The molecule has 1 aromatic carbocycles. The van der Waals surface area contributed by atoms with E-state index < -0.39 is 0 Å². The Morgan fingerprint density at radius 2 is 1.93 bits per heavy atom. The van der Waals surface area contributed by atoms with Gasteiger partial charge in [-0.1, -0.05) is 30.3 Å². The van der Waals surface area contributed by atoms with E-state index in [1.165, 1.54) is 30.5 Å². The van der Waals surface area contributed by atoms with Gasteiger partial charge < -0.3 is 0 Å². The molecule has 0 radical (unpaired) electrons. The first-order valence-electron chi connectivity index (χ1n) is 5.56. The van der Waals surface area contributed by atoms with Crippen LogP contribution in [-0.2, 0) is 13.0 Å². The molecule has 3 rings (SSSR count). The van der Waals surface area contributed by atoms with Crippen LogP contribution in [0.3, 0.4) is 0 Å². The topological polar surface area (TPSA) is 17.8 Å². The number of rotatable bonds is 1. The summed E-state index contributed by atoms with van der Waals surface area (Å²) in [6, 6.07) is 12.6. The summed E-state index contributed by atoms with van der Waals surface area (Å²) in [5.74, 6) is 0. The monoisotopic (exact) mass is 198 g/mol. The van der Waals surface area contributed by atoms with E-state index in [-0.39, 0.29) is 0 Å². The van der Waals surface area contributed by atoms with E-state index in [1.54, 1.807) is 0 Å². The van der Waals surface area contributed by atoms with Crippen molar-refractivity contribution in [2.45, 2.75) is 25.8 Å². The molecule has 2 heteroatoms. The van der Waals surface area contributed by atoms with Crippen LogP contribution in [0.1, 0.15) is 18.5 Å². The number of fused-ring (bicyclic) bond motifs is 1. The number of nitrogens with zero attached hydrogens (tertiary/aromatic N) is 2. The molecule has 2 nitrogen and oxygen atoms in total. The highest BCUT2D eigenvalue weighted by Crippen LogP contribution is 2.22. The van der Waals surface area contributed by atoms with Crippen molar-refractivity contribution >= 4 is 0 Å². The molecule has 2 aromatic rings. The maximum Gasteiger partial charge on any atom is 0.0926 e. The van der Waals surface area contributed by atoms with Gasteiger partial charge in [0, 0.05) is 17.8 Å². The fourth-order valence-electron chi connectivity index (χ4n) is 2.17. The molecule has 1 aromatic heterocycles. The molecule has 0 aliphatic carbocycles. The fraction of sp³-hybridized carbons (Fsp3) is 0.308.